The number of nitrogens with zero attached hydrogens (tertiary/aromatic N) is 1. The Morgan fingerprint density at radius 3 is 2.47 bits per heavy atom. The van der Waals surface area contributed by atoms with Crippen LogP contribution in [0, 0.1) is 0 Å². The first kappa shape index (κ1) is 14.8. The van der Waals surface area contributed by atoms with E-state index in [4.69, 9.17) is 9.84 Å². The zero-order valence-corrected chi connectivity index (χ0v) is 9.86. The maximum atomic E-state index is 10.2. The Hall–Kier alpha value is -0.280. The van der Waals surface area contributed by atoms with Gasteiger partial charge in [0.05, 0.1) is 19.3 Å². The summed E-state index contributed by atoms with van der Waals surface area (Å²) in [4.78, 5) is 1.45. The SMILES string of the molecule is COC1CCN([C@](O)(CO)[C@@H](O)[C@H](O)CO)C1. The summed E-state index contributed by atoms with van der Waals surface area (Å²) in [5.41, 5.74) is -1.96. The molecule has 7 heteroatoms. The highest BCUT2D eigenvalue weighted by Gasteiger charge is 2.47. The molecule has 0 aromatic rings. The van der Waals surface area contributed by atoms with Crippen molar-refractivity contribution in [3.05, 3.63) is 0 Å². The van der Waals surface area contributed by atoms with Crippen LogP contribution in [0.4, 0.5) is 0 Å². The highest BCUT2D eigenvalue weighted by Crippen LogP contribution is 2.25. The van der Waals surface area contributed by atoms with Gasteiger partial charge < -0.3 is 30.3 Å². The van der Waals surface area contributed by atoms with Gasteiger partial charge in [0.25, 0.3) is 0 Å². The first-order valence-electron chi connectivity index (χ1n) is 5.57. The van der Waals surface area contributed by atoms with Gasteiger partial charge >= 0.3 is 0 Å². The van der Waals surface area contributed by atoms with Crippen molar-refractivity contribution in [2.45, 2.75) is 30.5 Å². The van der Waals surface area contributed by atoms with Crippen LogP contribution in [-0.2, 0) is 4.74 Å². The molecule has 1 fully saturated rings. The van der Waals surface area contributed by atoms with Gasteiger partial charge in [-0.15, -0.1) is 0 Å². The first-order chi connectivity index (χ1) is 7.99. The van der Waals surface area contributed by atoms with Gasteiger partial charge in [0.15, 0.2) is 5.72 Å². The molecular weight excluding hydrogens is 230 g/mol. The van der Waals surface area contributed by atoms with Gasteiger partial charge in [0, 0.05) is 20.2 Å². The number of ether oxygens (including phenoxy) is 1. The lowest BCUT2D eigenvalue weighted by Crippen LogP contribution is -2.62. The zero-order valence-electron chi connectivity index (χ0n) is 9.86. The van der Waals surface area contributed by atoms with E-state index >= 15 is 0 Å². The Kier molecular flexibility index (Phi) is 5.26. The van der Waals surface area contributed by atoms with Crippen molar-refractivity contribution in [2.24, 2.45) is 0 Å². The number of methoxy groups -OCH3 is 1. The van der Waals surface area contributed by atoms with E-state index in [2.05, 4.69) is 0 Å². The highest BCUT2D eigenvalue weighted by molar-refractivity contribution is 4.94. The third kappa shape index (κ3) is 2.94. The molecule has 7 nitrogen and oxygen atoms in total. The maximum absolute atomic E-state index is 10.2. The molecule has 1 aliphatic rings. The van der Waals surface area contributed by atoms with E-state index in [1.807, 2.05) is 0 Å². The summed E-state index contributed by atoms with van der Waals surface area (Å²) < 4.78 is 5.12. The minimum atomic E-state index is -1.96. The maximum Gasteiger partial charge on any atom is 0.170 e. The van der Waals surface area contributed by atoms with E-state index in [0.29, 0.717) is 19.5 Å². The Morgan fingerprint density at radius 2 is 2.06 bits per heavy atom. The molecule has 1 unspecified atom stereocenters. The van der Waals surface area contributed by atoms with Gasteiger partial charge in [-0.3, -0.25) is 4.90 Å². The third-order valence-electron chi connectivity index (χ3n) is 3.28. The molecule has 1 saturated heterocycles. The van der Waals surface area contributed by atoms with Crippen LogP contribution in [0.1, 0.15) is 6.42 Å². The van der Waals surface area contributed by atoms with Crippen LogP contribution in [0.5, 0.6) is 0 Å². The van der Waals surface area contributed by atoms with E-state index in [1.165, 1.54) is 4.90 Å². The van der Waals surface area contributed by atoms with Gasteiger partial charge in [-0.25, -0.2) is 0 Å². The van der Waals surface area contributed by atoms with Crippen molar-refractivity contribution >= 4 is 0 Å². The van der Waals surface area contributed by atoms with Crippen LogP contribution < -0.4 is 0 Å². The van der Waals surface area contributed by atoms with Crippen LogP contribution in [0.2, 0.25) is 0 Å². The van der Waals surface area contributed by atoms with Gasteiger partial charge in [-0.1, -0.05) is 0 Å². The average molecular weight is 251 g/mol. The molecule has 102 valence electrons. The van der Waals surface area contributed by atoms with Gasteiger partial charge in [-0.2, -0.15) is 0 Å². The Balaban J connectivity index is 2.74. The second kappa shape index (κ2) is 6.05. The second-order valence-corrected chi connectivity index (χ2v) is 4.32. The molecule has 0 bridgehead atoms. The van der Waals surface area contributed by atoms with Crippen LogP contribution in [0.15, 0.2) is 0 Å². The summed E-state index contributed by atoms with van der Waals surface area (Å²) in [6, 6.07) is 0. The number of rotatable bonds is 6. The zero-order chi connectivity index (χ0) is 13.1. The first-order valence-corrected chi connectivity index (χ1v) is 5.57. The molecule has 1 aliphatic heterocycles. The standard InChI is InChI=1S/C10H21NO6/c1-17-7-2-3-11(4-7)10(16,6-13)9(15)8(14)5-12/h7-9,12-16H,2-6H2,1H3/t7?,8-,9+,10+/m1/s1. The van der Waals surface area contributed by atoms with E-state index in [0.717, 1.165) is 0 Å². The third-order valence-corrected chi connectivity index (χ3v) is 3.28. The summed E-state index contributed by atoms with van der Waals surface area (Å²) in [5.74, 6) is 0. The Morgan fingerprint density at radius 1 is 1.41 bits per heavy atom. The van der Waals surface area contributed by atoms with Crippen molar-refractivity contribution in [2.75, 3.05) is 33.4 Å². The molecule has 1 heterocycles. The molecule has 0 aromatic carbocycles. The lowest BCUT2D eigenvalue weighted by Gasteiger charge is -2.40. The van der Waals surface area contributed by atoms with Crippen molar-refractivity contribution in [3.63, 3.8) is 0 Å². The van der Waals surface area contributed by atoms with Crippen LogP contribution >= 0.6 is 0 Å². The predicted molar refractivity (Wildman–Crippen MR) is 58.1 cm³/mol. The minimum absolute atomic E-state index is 0.0773. The summed E-state index contributed by atoms with van der Waals surface area (Å²) in [6.07, 6.45) is -2.56. The van der Waals surface area contributed by atoms with Gasteiger partial charge in [0.2, 0.25) is 0 Å². The van der Waals surface area contributed by atoms with Crippen molar-refractivity contribution in [1.82, 2.24) is 4.90 Å². The van der Waals surface area contributed by atoms with E-state index in [-0.39, 0.29) is 6.10 Å². The summed E-state index contributed by atoms with van der Waals surface area (Å²) in [7, 11) is 1.55. The number of aliphatic hydroxyl groups is 5. The largest absolute Gasteiger partial charge is 0.394 e. The predicted octanol–water partition coefficient (Wildman–Crippen LogP) is -2.90. The fourth-order valence-electron chi connectivity index (χ4n) is 2.06. The molecule has 0 amide bonds. The molecule has 0 saturated carbocycles. The lowest BCUT2D eigenvalue weighted by atomic mass is 10.0. The topological polar surface area (TPSA) is 114 Å². The molecule has 0 radical (unpaired) electrons. The number of hydrogen-bond donors (Lipinski definition) is 5. The smallest absolute Gasteiger partial charge is 0.170 e. The summed E-state index contributed by atoms with van der Waals surface area (Å²) in [6.45, 7) is -0.639. The molecule has 0 aliphatic carbocycles. The number of hydrogen-bond acceptors (Lipinski definition) is 7. The van der Waals surface area contributed by atoms with Crippen LogP contribution in [-0.4, -0.2) is 87.9 Å². The minimum Gasteiger partial charge on any atom is -0.394 e. The normalized spacial score (nSPS) is 28.9. The average Bonchev–Trinajstić information content (AvgIpc) is 2.85. The Bertz CT molecular complexity index is 241. The van der Waals surface area contributed by atoms with Crippen molar-refractivity contribution in [1.29, 1.82) is 0 Å². The fraction of sp³-hybridized carbons (Fsp3) is 1.00. The number of aliphatic hydroxyl groups excluding tert-OH is 4. The summed E-state index contributed by atoms with van der Waals surface area (Å²) >= 11 is 0. The molecule has 17 heavy (non-hydrogen) atoms. The van der Waals surface area contributed by atoms with E-state index in [9.17, 15) is 20.4 Å². The number of likely N-dealkylation sites (tertiary alicyclic amines) is 1. The van der Waals surface area contributed by atoms with Gasteiger partial charge in [0.1, 0.15) is 12.2 Å². The van der Waals surface area contributed by atoms with Crippen LogP contribution in [0.3, 0.4) is 0 Å². The van der Waals surface area contributed by atoms with E-state index < -0.39 is 31.1 Å². The monoisotopic (exact) mass is 251 g/mol. The van der Waals surface area contributed by atoms with E-state index in [1.54, 1.807) is 7.11 Å². The van der Waals surface area contributed by atoms with Crippen molar-refractivity contribution < 1.29 is 30.3 Å². The molecule has 4 atom stereocenters. The van der Waals surface area contributed by atoms with Gasteiger partial charge in [-0.05, 0) is 6.42 Å². The quantitative estimate of drug-likeness (QED) is 0.344. The molecular formula is C10H21NO6. The Labute approximate surface area is 99.9 Å². The van der Waals surface area contributed by atoms with Crippen LogP contribution in [0.25, 0.3) is 0 Å². The lowest BCUT2D eigenvalue weighted by molar-refractivity contribution is -0.224. The van der Waals surface area contributed by atoms with Crippen molar-refractivity contribution in [3.8, 4) is 0 Å². The second-order valence-electron chi connectivity index (χ2n) is 4.32. The highest BCUT2D eigenvalue weighted by atomic mass is 16.5. The molecule has 1 rings (SSSR count). The molecule has 5 N–H and O–H groups in total. The molecule has 0 spiro atoms. The summed E-state index contributed by atoms with van der Waals surface area (Å²) in [5, 5.41) is 47.3. The molecule has 0 aromatic heterocycles. The fourth-order valence-corrected chi connectivity index (χ4v) is 2.06.